The van der Waals surface area contributed by atoms with Crippen molar-refractivity contribution in [3.05, 3.63) is 52.2 Å². The Kier molecular flexibility index (Phi) is 5.21. The van der Waals surface area contributed by atoms with Crippen LogP contribution in [0.3, 0.4) is 0 Å². The van der Waals surface area contributed by atoms with Gasteiger partial charge in [-0.1, -0.05) is 11.9 Å². The molecule has 140 valence electrons. The van der Waals surface area contributed by atoms with E-state index in [0.717, 1.165) is 18.0 Å². The van der Waals surface area contributed by atoms with E-state index in [4.69, 9.17) is 4.74 Å². The highest BCUT2D eigenvalue weighted by Crippen LogP contribution is 2.37. The summed E-state index contributed by atoms with van der Waals surface area (Å²) in [6.45, 7) is 0. The lowest BCUT2D eigenvalue weighted by Gasteiger charge is -2.13. The average molecular weight is 393 g/mol. The molecule has 0 radical (unpaired) electrons. The molecule has 27 heavy (non-hydrogen) atoms. The number of nitro groups is 1. The molecule has 0 aliphatic rings. The number of nitrogens with zero attached hydrogens (tertiary/aromatic N) is 3. The van der Waals surface area contributed by atoms with Gasteiger partial charge in [0.1, 0.15) is 17.2 Å². The molecule has 0 saturated carbocycles. The first kappa shape index (κ1) is 18.6. The molecule has 3 rings (SSSR count). The van der Waals surface area contributed by atoms with Gasteiger partial charge in [0.05, 0.1) is 29.4 Å². The lowest BCUT2D eigenvalue weighted by atomic mass is 10.2. The van der Waals surface area contributed by atoms with E-state index in [2.05, 4.69) is 20.0 Å². The highest BCUT2D eigenvalue weighted by molar-refractivity contribution is 7.99. The summed E-state index contributed by atoms with van der Waals surface area (Å²) in [5.74, 6) is -1.73. The van der Waals surface area contributed by atoms with Crippen molar-refractivity contribution in [3.63, 3.8) is 0 Å². The molecule has 8 nitrogen and oxygen atoms in total. The van der Waals surface area contributed by atoms with Gasteiger partial charge in [-0.15, -0.1) is 0 Å². The number of hydrogen-bond donors (Lipinski definition) is 2. The number of nitrogens with one attached hydrogen (secondary N) is 2. The maximum absolute atomic E-state index is 14.6. The van der Waals surface area contributed by atoms with Crippen LogP contribution in [0.25, 0.3) is 11.0 Å². The molecule has 0 bridgehead atoms. The number of hydrogen-bond acceptors (Lipinski definition) is 8. The highest BCUT2D eigenvalue weighted by Gasteiger charge is 2.24. The summed E-state index contributed by atoms with van der Waals surface area (Å²) in [5.41, 5.74) is -0.908. The topological polar surface area (TPSA) is 102 Å². The second kappa shape index (κ2) is 7.58. The van der Waals surface area contributed by atoms with Crippen molar-refractivity contribution in [1.29, 1.82) is 0 Å². The third-order valence-corrected chi connectivity index (χ3v) is 4.04. The summed E-state index contributed by atoms with van der Waals surface area (Å²) < 4.78 is 36.4. The fourth-order valence-electron chi connectivity index (χ4n) is 2.42. The Morgan fingerprint density at radius 3 is 2.63 bits per heavy atom. The third kappa shape index (κ3) is 3.53. The van der Waals surface area contributed by atoms with Gasteiger partial charge >= 0.3 is 5.69 Å². The van der Waals surface area contributed by atoms with Gasteiger partial charge in [0.15, 0.2) is 11.3 Å². The summed E-state index contributed by atoms with van der Waals surface area (Å²) in [6, 6.07) is 5.06. The molecule has 1 heterocycles. The molecule has 0 saturated heterocycles. The zero-order chi connectivity index (χ0) is 19.6. The first-order chi connectivity index (χ1) is 13.0. The largest absolute Gasteiger partial charge is 0.480 e. The highest BCUT2D eigenvalue weighted by atomic mass is 32.2. The summed E-state index contributed by atoms with van der Waals surface area (Å²) in [4.78, 5) is 19.0. The number of rotatable bonds is 6. The molecule has 0 fully saturated rings. The molecule has 0 spiro atoms. The van der Waals surface area contributed by atoms with Gasteiger partial charge in [0, 0.05) is 6.26 Å². The molecule has 1 aromatic heterocycles. The third-order valence-electron chi connectivity index (χ3n) is 3.62. The second-order valence-electron chi connectivity index (χ2n) is 5.21. The minimum absolute atomic E-state index is 0.0382. The van der Waals surface area contributed by atoms with Crippen LogP contribution in [-0.4, -0.2) is 28.3 Å². The number of anilines is 3. The van der Waals surface area contributed by atoms with Crippen molar-refractivity contribution in [2.24, 2.45) is 0 Å². The van der Waals surface area contributed by atoms with Crippen LogP contribution in [0.15, 0.2) is 30.5 Å². The molecular weight excluding hydrogens is 380 g/mol. The smallest absolute Gasteiger partial charge is 0.320 e. The first-order valence-electron chi connectivity index (χ1n) is 7.48. The van der Waals surface area contributed by atoms with E-state index in [9.17, 15) is 18.9 Å². The van der Waals surface area contributed by atoms with Crippen molar-refractivity contribution in [2.75, 3.05) is 23.4 Å². The number of fused-ring (bicyclic) bond motifs is 1. The molecule has 2 aromatic carbocycles. The summed E-state index contributed by atoms with van der Waals surface area (Å²) in [5, 5.41) is 14.1. The van der Waals surface area contributed by atoms with E-state index in [-0.39, 0.29) is 28.3 Å². The van der Waals surface area contributed by atoms with Crippen LogP contribution >= 0.6 is 11.9 Å². The van der Waals surface area contributed by atoms with Crippen molar-refractivity contribution >= 4 is 45.7 Å². The van der Waals surface area contributed by atoms with Crippen molar-refractivity contribution in [3.8, 4) is 5.88 Å². The summed E-state index contributed by atoms with van der Waals surface area (Å²) in [6.07, 6.45) is 2.99. The predicted octanol–water partition coefficient (Wildman–Crippen LogP) is 4.26. The van der Waals surface area contributed by atoms with E-state index in [1.165, 1.54) is 31.5 Å². The molecule has 0 aliphatic carbocycles. The van der Waals surface area contributed by atoms with Gasteiger partial charge in [0.25, 0.3) is 0 Å². The quantitative estimate of drug-likeness (QED) is 0.364. The van der Waals surface area contributed by atoms with Crippen LogP contribution in [0.4, 0.5) is 31.5 Å². The Labute approximate surface area is 156 Å². The summed E-state index contributed by atoms with van der Waals surface area (Å²) in [7, 11) is 1.35. The van der Waals surface area contributed by atoms with Gasteiger partial charge < -0.3 is 14.8 Å². The Bertz CT molecular complexity index is 1030. The number of methoxy groups -OCH3 is 1. The fraction of sp³-hybridized carbons (Fsp3) is 0.125. The Hall–Kier alpha value is -3.21. The number of ether oxygens (including phenoxy) is 1. The van der Waals surface area contributed by atoms with E-state index in [1.54, 1.807) is 6.26 Å². The monoisotopic (exact) mass is 393 g/mol. The molecule has 11 heteroatoms. The standard InChI is InChI=1S/C16H13F2N5O3S/c1-26-12-7-19-10-5-6-11(16(23(24)25)15(10)21-12)20-14-8(17)3-4-9(13(14)18)22-27-2/h3-7,20,22H,1-2H3. The van der Waals surface area contributed by atoms with Crippen molar-refractivity contribution in [1.82, 2.24) is 9.97 Å². The minimum atomic E-state index is -0.907. The Morgan fingerprint density at radius 2 is 1.96 bits per heavy atom. The molecule has 3 aromatic rings. The SMILES string of the molecule is COc1cnc2ccc(Nc3c(F)ccc(NSC)c3F)c([N+](=O)[O-])c2n1. The normalized spacial score (nSPS) is 10.7. The lowest BCUT2D eigenvalue weighted by Crippen LogP contribution is -2.04. The van der Waals surface area contributed by atoms with Crippen LogP contribution in [0, 0.1) is 21.7 Å². The summed E-state index contributed by atoms with van der Waals surface area (Å²) >= 11 is 1.12. The second-order valence-corrected chi connectivity index (χ2v) is 5.83. The molecule has 0 atom stereocenters. The number of halogens is 2. The van der Waals surface area contributed by atoms with Crippen LogP contribution in [0.2, 0.25) is 0 Å². The van der Waals surface area contributed by atoms with Gasteiger partial charge in [-0.3, -0.25) is 10.1 Å². The van der Waals surface area contributed by atoms with Crippen LogP contribution in [0.1, 0.15) is 0 Å². The molecule has 0 amide bonds. The minimum Gasteiger partial charge on any atom is -0.480 e. The molecular formula is C16H13F2N5O3S. The fourth-order valence-corrected chi connectivity index (χ4v) is 2.80. The lowest BCUT2D eigenvalue weighted by molar-refractivity contribution is -0.382. The van der Waals surface area contributed by atoms with E-state index < -0.39 is 27.9 Å². The van der Waals surface area contributed by atoms with Crippen LogP contribution < -0.4 is 14.8 Å². The predicted molar refractivity (Wildman–Crippen MR) is 99.5 cm³/mol. The Balaban J connectivity index is 2.17. The molecule has 2 N–H and O–H groups in total. The molecule has 0 unspecified atom stereocenters. The van der Waals surface area contributed by atoms with E-state index in [0.29, 0.717) is 0 Å². The molecule has 0 aliphatic heterocycles. The van der Waals surface area contributed by atoms with Crippen LogP contribution in [0.5, 0.6) is 5.88 Å². The van der Waals surface area contributed by atoms with E-state index >= 15 is 0 Å². The zero-order valence-electron chi connectivity index (χ0n) is 14.1. The van der Waals surface area contributed by atoms with Crippen molar-refractivity contribution < 1.29 is 18.4 Å². The first-order valence-corrected chi connectivity index (χ1v) is 8.71. The van der Waals surface area contributed by atoms with Crippen LogP contribution in [-0.2, 0) is 0 Å². The Morgan fingerprint density at radius 1 is 1.22 bits per heavy atom. The van der Waals surface area contributed by atoms with Gasteiger partial charge in [-0.25, -0.2) is 18.7 Å². The maximum atomic E-state index is 14.6. The number of benzene rings is 2. The average Bonchev–Trinajstić information content (AvgIpc) is 2.66. The van der Waals surface area contributed by atoms with Crippen molar-refractivity contribution in [2.45, 2.75) is 0 Å². The number of aromatic nitrogens is 2. The zero-order valence-corrected chi connectivity index (χ0v) is 14.9. The van der Waals surface area contributed by atoms with Gasteiger partial charge in [0.2, 0.25) is 5.88 Å². The maximum Gasteiger partial charge on any atom is 0.320 e. The van der Waals surface area contributed by atoms with E-state index in [1.807, 2.05) is 0 Å². The van der Waals surface area contributed by atoms with Gasteiger partial charge in [-0.05, 0) is 24.3 Å². The van der Waals surface area contributed by atoms with Gasteiger partial charge in [-0.2, -0.15) is 0 Å². The number of nitro benzene ring substituents is 1.